The van der Waals surface area contributed by atoms with Crippen molar-refractivity contribution in [1.82, 2.24) is 4.98 Å². The van der Waals surface area contributed by atoms with Gasteiger partial charge in [-0.3, -0.25) is 9.78 Å². The molecule has 1 fully saturated rings. The molecule has 3 rings (SSSR count). The molecule has 4 nitrogen and oxygen atoms in total. The maximum Gasteiger partial charge on any atom is 0.232 e. The number of hydrogen-bond donors (Lipinski definition) is 0. The van der Waals surface area contributed by atoms with Gasteiger partial charge in [0.2, 0.25) is 5.91 Å². The minimum atomic E-state index is 0.0258. The lowest BCUT2D eigenvalue weighted by molar-refractivity contribution is -0.131. The van der Waals surface area contributed by atoms with Crippen molar-refractivity contribution in [2.24, 2.45) is 5.92 Å². The number of amides is 1. The van der Waals surface area contributed by atoms with E-state index in [4.69, 9.17) is 4.74 Å². The lowest BCUT2D eigenvalue weighted by Gasteiger charge is -2.33. The highest BCUT2D eigenvalue weighted by molar-refractivity contribution is 5.97. The number of rotatable bonds is 2. The first kappa shape index (κ1) is 12.6. The summed E-state index contributed by atoms with van der Waals surface area (Å²) in [5, 5.41) is 0. The molecule has 0 aliphatic carbocycles. The predicted octanol–water partition coefficient (Wildman–Crippen LogP) is 2.18. The Morgan fingerprint density at radius 2 is 2.47 bits per heavy atom. The summed E-state index contributed by atoms with van der Waals surface area (Å²) in [6, 6.07) is 1.95. The first-order chi connectivity index (χ1) is 9.31. The lowest BCUT2D eigenvalue weighted by atomic mass is 9.91. The van der Waals surface area contributed by atoms with E-state index in [0.29, 0.717) is 0 Å². The molecule has 3 heterocycles. The zero-order valence-electron chi connectivity index (χ0n) is 11.3. The van der Waals surface area contributed by atoms with Crippen LogP contribution in [-0.2, 0) is 16.0 Å². The van der Waals surface area contributed by atoms with Gasteiger partial charge >= 0.3 is 0 Å². The Morgan fingerprint density at radius 1 is 1.58 bits per heavy atom. The molecule has 19 heavy (non-hydrogen) atoms. The number of pyridine rings is 1. The molecule has 0 bridgehead atoms. The van der Waals surface area contributed by atoms with E-state index in [-0.39, 0.29) is 17.9 Å². The fourth-order valence-corrected chi connectivity index (χ4v) is 3.18. The first-order valence-corrected chi connectivity index (χ1v) is 7.17. The minimum Gasteiger partial charge on any atom is -0.377 e. The smallest absolute Gasteiger partial charge is 0.232 e. The second-order valence-electron chi connectivity index (χ2n) is 5.31. The molecule has 1 amide bonds. The predicted molar refractivity (Wildman–Crippen MR) is 73.0 cm³/mol. The fourth-order valence-electron chi connectivity index (χ4n) is 3.18. The molecule has 0 aromatic carbocycles. The summed E-state index contributed by atoms with van der Waals surface area (Å²) >= 11 is 0. The summed E-state index contributed by atoms with van der Waals surface area (Å²) in [4.78, 5) is 18.8. The number of fused-ring (bicyclic) bond motifs is 1. The van der Waals surface area contributed by atoms with E-state index >= 15 is 0 Å². The molecule has 2 aliphatic heterocycles. The average molecular weight is 260 g/mol. The van der Waals surface area contributed by atoms with Crippen molar-refractivity contribution >= 4 is 11.6 Å². The van der Waals surface area contributed by atoms with Crippen LogP contribution >= 0.6 is 0 Å². The van der Waals surface area contributed by atoms with Crippen LogP contribution in [-0.4, -0.2) is 30.1 Å². The lowest BCUT2D eigenvalue weighted by Crippen LogP contribution is -2.43. The van der Waals surface area contributed by atoms with Crippen LogP contribution in [0.4, 0.5) is 5.69 Å². The third-order valence-electron chi connectivity index (χ3n) is 4.20. The molecule has 4 heteroatoms. The second kappa shape index (κ2) is 5.29. The van der Waals surface area contributed by atoms with Crippen LogP contribution in [0.5, 0.6) is 0 Å². The van der Waals surface area contributed by atoms with E-state index in [2.05, 4.69) is 11.9 Å². The van der Waals surface area contributed by atoms with Crippen LogP contribution in [0, 0.1) is 5.92 Å². The molecular weight excluding hydrogens is 240 g/mol. The van der Waals surface area contributed by atoms with Gasteiger partial charge in [0, 0.05) is 31.2 Å². The van der Waals surface area contributed by atoms with Crippen LogP contribution in [0.1, 0.15) is 31.7 Å². The van der Waals surface area contributed by atoms with Gasteiger partial charge in [0.25, 0.3) is 0 Å². The quantitative estimate of drug-likeness (QED) is 0.818. The Labute approximate surface area is 113 Å². The van der Waals surface area contributed by atoms with Gasteiger partial charge in [-0.15, -0.1) is 0 Å². The third-order valence-corrected chi connectivity index (χ3v) is 4.20. The molecule has 0 spiro atoms. The van der Waals surface area contributed by atoms with Crippen LogP contribution < -0.4 is 4.90 Å². The van der Waals surface area contributed by atoms with Crippen molar-refractivity contribution in [2.75, 3.05) is 18.1 Å². The second-order valence-corrected chi connectivity index (χ2v) is 5.31. The number of aromatic nitrogens is 1. The number of carbonyl (C=O) groups excluding carboxylic acids is 1. The van der Waals surface area contributed by atoms with Crippen molar-refractivity contribution < 1.29 is 9.53 Å². The standard InChI is InChI=1S/C15H20N2O2/c1-2-14-12(4-3-9-19-14)15(18)17-8-6-11-10-16-7-5-13(11)17/h5,7,10,12,14H,2-4,6,8-9H2,1H3/t12-,14-/m1/s1. The summed E-state index contributed by atoms with van der Waals surface area (Å²) in [5.74, 6) is 0.259. The number of carbonyl (C=O) groups is 1. The Bertz CT molecular complexity index is 475. The van der Waals surface area contributed by atoms with E-state index in [1.54, 1.807) is 6.20 Å². The molecule has 1 aromatic heterocycles. The number of ether oxygens (including phenoxy) is 1. The van der Waals surface area contributed by atoms with Gasteiger partial charge in [0.15, 0.2) is 0 Å². The van der Waals surface area contributed by atoms with E-state index in [1.165, 1.54) is 5.56 Å². The highest BCUT2D eigenvalue weighted by atomic mass is 16.5. The molecule has 102 valence electrons. The average Bonchev–Trinajstić information content (AvgIpc) is 2.90. The SMILES string of the molecule is CC[C@H]1OCCC[C@H]1C(=O)N1CCc2cnccc21. The van der Waals surface area contributed by atoms with Crippen LogP contribution in [0.15, 0.2) is 18.5 Å². The van der Waals surface area contributed by atoms with Crippen molar-refractivity contribution in [1.29, 1.82) is 0 Å². The van der Waals surface area contributed by atoms with Crippen molar-refractivity contribution in [3.05, 3.63) is 24.0 Å². The van der Waals surface area contributed by atoms with Crippen LogP contribution in [0.3, 0.4) is 0 Å². The highest BCUT2D eigenvalue weighted by Crippen LogP contribution is 2.32. The van der Waals surface area contributed by atoms with Gasteiger partial charge in [-0.05, 0) is 37.3 Å². The first-order valence-electron chi connectivity index (χ1n) is 7.17. The van der Waals surface area contributed by atoms with Gasteiger partial charge in [-0.1, -0.05) is 6.92 Å². The molecule has 0 saturated carbocycles. The van der Waals surface area contributed by atoms with Crippen molar-refractivity contribution in [3.63, 3.8) is 0 Å². The third kappa shape index (κ3) is 2.25. The Morgan fingerprint density at radius 3 is 3.32 bits per heavy atom. The molecule has 0 N–H and O–H groups in total. The van der Waals surface area contributed by atoms with Crippen molar-refractivity contribution in [2.45, 2.75) is 38.7 Å². The van der Waals surface area contributed by atoms with Crippen LogP contribution in [0.2, 0.25) is 0 Å². The van der Waals surface area contributed by atoms with Crippen molar-refractivity contribution in [3.8, 4) is 0 Å². The van der Waals surface area contributed by atoms with Gasteiger partial charge in [0.1, 0.15) is 0 Å². The summed E-state index contributed by atoms with van der Waals surface area (Å²) in [7, 11) is 0. The van der Waals surface area contributed by atoms with Gasteiger partial charge in [0.05, 0.1) is 12.0 Å². The Kier molecular flexibility index (Phi) is 3.51. The summed E-state index contributed by atoms with van der Waals surface area (Å²) in [6.45, 7) is 3.67. The summed E-state index contributed by atoms with van der Waals surface area (Å²) in [5.41, 5.74) is 2.22. The maximum atomic E-state index is 12.8. The summed E-state index contributed by atoms with van der Waals surface area (Å²) < 4.78 is 5.75. The molecule has 0 radical (unpaired) electrons. The molecule has 2 aliphatic rings. The fraction of sp³-hybridized carbons (Fsp3) is 0.600. The normalized spacial score (nSPS) is 26.3. The van der Waals surface area contributed by atoms with Gasteiger partial charge in [-0.2, -0.15) is 0 Å². The zero-order chi connectivity index (χ0) is 13.2. The van der Waals surface area contributed by atoms with E-state index in [1.807, 2.05) is 17.2 Å². The topological polar surface area (TPSA) is 42.4 Å². The Balaban J connectivity index is 1.81. The van der Waals surface area contributed by atoms with Gasteiger partial charge < -0.3 is 9.64 Å². The maximum absolute atomic E-state index is 12.8. The molecular formula is C15H20N2O2. The zero-order valence-corrected chi connectivity index (χ0v) is 11.3. The molecule has 2 atom stereocenters. The van der Waals surface area contributed by atoms with E-state index in [9.17, 15) is 4.79 Å². The largest absolute Gasteiger partial charge is 0.377 e. The van der Waals surface area contributed by atoms with Gasteiger partial charge in [-0.25, -0.2) is 0 Å². The highest BCUT2D eigenvalue weighted by Gasteiger charge is 2.36. The molecule has 1 aromatic rings. The van der Waals surface area contributed by atoms with E-state index in [0.717, 1.165) is 44.5 Å². The van der Waals surface area contributed by atoms with E-state index < -0.39 is 0 Å². The Hall–Kier alpha value is -1.42. The molecule has 0 unspecified atom stereocenters. The number of nitrogens with zero attached hydrogens (tertiary/aromatic N) is 2. The summed E-state index contributed by atoms with van der Waals surface area (Å²) in [6.07, 6.45) is 7.49. The monoisotopic (exact) mass is 260 g/mol. The molecule has 1 saturated heterocycles. The number of anilines is 1. The number of hydrogen-bond acceptors (Lipinski definition) is 3. The minimum absolute atomic E-state index is 0.0258. The van der Waals surface area contributed by atoms with Crippen LogP contribution in [0.25, 0.3) is 0 Å².